The Labute approximate surface area is 159 Å². The van der Waals surface area contributed by atoms with Gasteiger partial charge in [0.25, 0.3) is 5.91 Å². The second-order valence-corrected chi connectivity index (χ2v) is 7.89. The predicted octanol–water partition coefficient (Wildman–Crippen LogP) is 4.92. The van der Waals surface area contributed by atoms with E-state index in [4.69, 9.17) is 10.7 Å². The molecule has 0 unspecified atom stereocenters. The smallest absolute Gasteiger partial charge is 0.268 e. The molecule has 0 saturated carbocycles. The molecule has 4 rings (SSSR count). The fourth-order valence-corrected chi connectivity index (χ4v) is 4.54. The molecule has 4 nitrogen and oxygen atoms in total. The zero-order chi connectivity index (χ0) is 19.1. The van der Waals surface area contributed by atoms with Crippen molar-refractivity contribution in [2.75, 3.05) is 11.1 Å². The molecular formula is C20H19F2N3OS. The number of hydrogen-bond donors (Lipinski definition) is 2. The molecule has 0 radical (unpaired) electrons. The summed E-state index contributed by atoms with van der Waals surface area (Å²) < 4.78 is 26.8. The molecule has 3 aromatic rings. The number of carbonyl (C=O) groups excluding carboxylic acids is 1. The molecular weight excluding hydrogens is 368 g/mol. The first-order valence-electron chi connectivity index (χ1n) is 8.93. The molecule has 2 heterocycles. The molecule has 0 fully saturated rings. The van der Waals surface area contributed by atoms with Gasteiger partial charge in [0, 0.05) is 17.1 Å². The van der Waals surface area contributed by atoms with Crippen molar-refractivity contribution in [1.82, 2.24) is 4.98 Å². The maximum atomic E-state index is 13.8. The predicted molar refractivity (Wildman–Crippen MR) is 104 cm³/mol. The van der Waals surface area contributed by atoms with E-state index in [0.717, 1.165) is 48.9 Å². The van der Waals surface area contributed by atoms with Crippen LogP contribution in [0.2, 0.25) is 0 Å². The van der Waals surface area contributed by atoms with Crippen LogP contribution in [-0.2, 0) is 12.8 Å². The van der Waals surface area contributed by atoms with Crippen molar-refractivity contribution in [1.29, 1.82) is 0 Å². The van der Waals surface area contributed by atoms with Gasteiger partial charge in [-0.3, -0.25) is 4.79 Å². The second-order valence-electron chi connectivity index (χ2n) is 6.89. The first kappa shape index (κ1) is 17.9. The molecule has 1 aliphatic carbocycles. The number of amides is 1. The number of aryl methyl sites for hydroxylation is 1. The lowest BCUT2D eigenvalue weighted by Gasteiger charge is -2.22. The largest absolute Gasteiger partial charge is 0.397 e. The Morgan fingerprint density at radius 3 is 2.93 bits per heavy atom. The summed E-state index contributed by atoms with van der Waals surface area (Å²) in [6.45, 7) is 2.19. The van der Waals surface area contributed by atoms with Crippen molar-refractivity contribution >= 4 is 38.8 Å². The minimum Gasteiger partial charge on any atom is -0.397 e. The third-order valence-electron chi connectivity index (χ3n) is 5.15. The Morgan fingerprint density at radius 2 is 2.19 bits per heavy atom. The van der Waals surface area contributed by atoms with E-state index in [1.54, 1.807) is 0 Å². The number of carbonyl (C=O) groups is 1. The van der Waals surface area contributed by atoms with Crippen LogP contribution in [0.3, 0.4) is 0 Å². The summed E-state index contributed by atoms with van der Waals surface area (Å²) in [7, 11) is 0. The number of rotatable bonds is 3. The highest BCUT2D eigenvalue weighted by atomic mass is 32.1. The van der Waals surface area contributed by atoms with E-state index in [2.05, 4.69) is 12.2 Å². The SMILES string of the molecule is CC[C@H]1CCc2nc3sc(C(=O)Nc4ccc(F)cc4F)c(N)c3cc2C1. The number of fused-ring (bicyclic) bond motifs is 2. The quantitative estimate of drug-likeness (QED) is 0.670. The third kappa shape index (κ3) is 3.27. The number of aromatic nitrogens is 1. The van der Waals surface area contributed by atoms with Gasteiger partial charge in [0.2, 0.25) is 0 Å². The lowest BCUT2D eigenvalue weighted by molar-refractivity contribution is 0.103. The van der Waals surface area contributed by atoms with Gasteiger partial charge in [-0.25, -0.2) is 13.8 Å². The molecule has 1 amide bonds. The highest BCUT2D eigenvalue weighted by molar-refractivity contribution is 7.21. The van der Waals surface area contributed by atoms with Crippen LogP contribution < -0.4 is 11.1 Å². The number of pyridine rings is 1. The van der Waals surface area contributed by atoms with Gasteiger partial charge in [-0.2, -0.15) is 0 Å². The van der Waals surface area contributed by atoms with E-state index in [0.29, 0.717) is 16.4 Å². The van der Waals surface area contributed by atoms with Gasteiger partial charge in [0.15, 0.2) is 0 Å². The van der Waals surface area contributed by atoms with Crippen molar-refractivity contribution in [3.8, 4) is 0 Å². The highest BCUT2D eigenvalue weighted by Crippen LogP contribution is 2.37. The maximum Gasteiger partial charge on any atom is 0.268 e. The van der Waals surface area contributed by atoms with Crippen molar-refractivity contribution < 1.29 is 13.6 Å². The van der Waals surface area contributed by atoms with E-state index in [1.165, 1.54) is 23.0 Å². The molecule has 0 bridgehead atoms. The molecule has 3 N–H and O–H groups in total. The zero-order valence-corrected chi connectivity index (χ0v) is 15.6. The van der Waals surface area contributed by atoms with Crippen LogP contribution >= 0.6 is 11.3 Å². The highest BCUT2D eigenvalue weighted by Gasteiger charge is 2.23. The number of benzene rings is 1. The summed E-state index contributed by atoms with van der Waals surface area (Å²) in [5.74, 6) is -1.40. The van der Waals surface area contributed by atoms with Crippen LogP contribution in [0.25, 0.3) is 10.2 Å². The lowest BCUT2D eigenvalue weighted by atomic mass is 9.85. The zero-order valence-electron chi connectivity index (χ0n) is 14.8. The van der Waals surface area contributed by atoms with Crippen LogP contribution in [0.15, 0.2) is 24.3 Å². The van der Waals surface area contributed by atoms with Crippen LogP contribution in [0, 0.1) is 17.6 Å². The van der Waals surface area contributed by atoms with Gasteiger partial charge in [-0.05, 0) is 48.9 Å². The maximum absolute atomic E-state index is 13.8. The lowest BCUT2D eigenvalue weighted by Crippen LogP contribution is -2.14. The van der Waals surface area contributed by atoms with E-state index in [1.807, 2.05) is 6.07 Å². The number of anilines is 2. The van der Waals surface area contributed by atoms with Gasteiger partial charge in [-0.1, -0.05) is 13.3 Å². The molecule has 0 spiro atoms. The number of nitrogens with zero attached hydrogens (tertiary/aromatic N) is 1. The molecule has 1 atom stereocenters. The standard InChI is InChI=1S/C20H19F2N3OS/c1-2-10-3-5-15-11(7-10)8-13-17(23)18(27-20(13)25-15)19(26)24-16-6-4-12(21)9-14(16)22/h4,6,8-10H,2-3,5,7,23H2,1H3,(H,24,26)/t10-/m0/s1. The van der Waals surface area contributed by atoms with Crippen molar-refractivity contribution in [3.05, 3.63) is 52.0 Å². The molecule has 140 valence electrons. The number of halogens is 2. The Balaban J connectivity index is 1.68. The van der Waals surface area contributed by atoms with Gasteiger partial charge >= 0.3 is 0 Å². The number of nitrogens with one attached hydrogen (secondary N) is 1. The fourth-order valence-electron chi connectivity index (χ4n) is 3.55. The van der Waals surface area contributed by atoms with Crippen LogP contribution in [0.1, 0.15) is 40.7 Å². The summed E-state index contributed by atoms with van der Waals surface area (Å²) in [5, 5.41) is 3.23. The van der Waals surface area contributed by atoms with Gasteiger partial charge in [0.05, 0.1) is 11.4 Å². The Bertz CT molecular complexity index is 1050. The molecule has 2 aromatic heterocycles. The van der Waals surface area contributed by atoms with E-state index >= 15 is 0 Å². The molecule has 7 heteroatoms. The number of thiophene rings is 1. The van der Waals surface area contributed by atoms with Crippen LogP contribution in [0.4, 0.5) is 20.2 Å². The average molecular weight is 387 g/mol. The molecule has 0 aliphatic heterocycles. The van der Waals surface area contributed by atoms with Crippen molar-refractivity contribution in [2.45, 2.75) is 32.6 Å². The van der Waals surface area contributed by atoms with Crippen molar-refractivity contribution in [3.63, 3.8) is 0 Å². The Kier molecular flexibility index (Phi) is 4.55. The van der Waals surface area contributed by atoms with Gasteiger partial charge < -0.3 is 11.1 Å². The third-order valence-corrected chi connectivity index (χ3v) is 6.26. The fraction of sp³-hybridized carbons (Fsp3) is 0.300. The summed E-state index contributed by atoms with van der Waals surface area (Å²) in [6, 6.07) is 5.05. The molecule has 1 aliphatic rings. The molecule has 0 saturated heterocycles. The minimum absolute atomic E-state index is 0.0868. The minimum atomic E-state index is -0.831. The summed E-state index contributed by atoms with van der Waals surface area (Å²) in [6.07, 6.45) is 4.17. The monoisotopic (exact) mass is 387 g/mol. The average Bonchev–Trinajstić information content (AvgIpc) is 2.97. The van der Waals surface area contributed by atoms with Crippen LogP contribution in [-0.4, -0.2) is 10.9 Å². The van der Waals surface area contributed by atoms with Crippen LogP contribution in [0.5, 0.6) is 0 Å². The first-order valence-corrected chi connectivity index (χ1v) is 9.75. The van der Waals surface area contributed by atoms with E-state index in [9.17, 15) is 13.6 Å². The van der Waals surface area contributed by atoms with E-state index < -0.39 is 17.5 Å². The van der Waals surface area contributed by atoms with E-state index in [-0.39, 0.29) is 10.6 Å². The molecule has 1 aromatic carbocycles. The van der Waals surface area contributed by atoms with Gasteiger partial charge in [-0.15, -0.1) is 11.3 Å². The normalized spacial score (nSPS) is 16.3. The first-order chi connectivity index (χ1) is 13.0. The topological polar surface area (TPSA) is 68.0 Å². The Hall–Kier alpha value is -2.54. The summed E-state index contributed by atoms with van der Waals surface area (Å²) in [4.78, 5) is 18.3. The number of nitrogens with two attached hydrogens (primary N) is 1. The second kappa shape index (κ2) is 6.88. The van der Waals surface area contributed by atoms with Gasteiger partial charge in [0.1, 0.15) is 21.3 Å². The summed E-state index contributed by atoms with van der Waals surface area (Å²) >= 11 is 1.19. The molecule has 27 heavy (non-hydrogen) atoms. The number of hydrogen-bond acceptors (Lipinski definition) is 4. The summed E-state index contributed by atoms with van der Waals surface area (Å²) in [5.41, 5.74) is 8.75. The number of nitrogen functional groups attached to an aromatic ring is 1. The van der Waals surface area contributed by atoms with Crippen molar-refractivity contribution in [2.24, 2.45) is 5.92 Å². The Morgan fingerprint density at radius 1 is 1.37 bits per heavy atom.